The molecule has 0 aromatic heterocycles. The number of benzene rings is 2. The van der Waals surface area contributed by atoms with Crippen LogP contribution in [0.4, 0.5) is 0 Å². The Hall–Kier alpha value is -2.16. The summed E-state index contributed by atoms with van der Waals surface area (Å²) in [4.78, 5) is 29.4. The molecule has 0 radical (unpaired) electrons. The van der Waals surface area contributed by atoms with Crippen LogP contribution in [0.1, 0.15) is 38.7 Å². The number of piperidine rings is 1. The van der Waals surface area contributed by atoms with Gasteiger partial charge in [-0.2, -0.15) is 4.72 Å². The highest BCUT2D eigenvalue weighted by atomic mass is 35.5. The molecule has 178 valence electrons. The molecule has 2 aliphatic rings. The minimum Gasteiger partial charge on any atom is -0.341 e. The minimum absolute atomic E-state index is 0.0655. The Balaban J connectivity index is 1.45. The van der Waals surface area contributed by atoms with Gasteiger partial charge in [-0.15, -0.1) is 11.6 Å². The Morgan fingerprint density at radius 3 is 2.61 bits per heavy atom. The molecule has 4 rings (SSSR count). The Morgan fingerprint density at radius 1 is 1.15 bits per heavy atom. The molecule has 0 spiro atoms. The molecule has 2 heterocycles. The minimum atomic E-state index is -3.90. The topological polar surface area (TPSA) is 86.8 Å². The summed E-state index contributed by atoms with van der Waals surface area (Å²) in [7, 11) is -3.90. The summed E-state index contributed by atoms with van der Waals surface area (Å²) in [6.07, 6.45) is 2.40. The van der Waals surface area contributed by atoms with E-state index in [9.17, 15) is 18.0 Å². The third-order valence-electron chi connectivity index (χ3n) is 6.67. The highest BCUT2D eigenvalue weighted by Gasteiger charge is 2.40. The van der Waals surface area contributed by atoms with Crippen LogP contribution >= 0.6 is 11.6 Å². The van der Waals surface area contributed by atoms with Gasteiger partial charge < -0.3 is 9.80 Å². The molecule has 2 fully saturated rings. The fourth-order valence-electron chi connectivity index (χ4n) is 4.76. The second-order valence-electron chi connectivity index (χ2n) is 9.18. The first kappa shape index (κ1) is 24.0. The van der Waals surface area contributed by atoms with Gasteiger partial charge in [0.25, 0.3) is 0 Å². The van der Waals surface area contributed by atoms with Crippen LogP contribution in [-0.2, 0) is 25.5 Å². The van der Waals surface area contributed by atoms with Gasteiger partial charge in [0, 0.05) is 25.5 Å². The summed E-state index contributed by atoms with van der Waals surface area (Å²) in [6, 6.07) is 9.01. The summed E-state index contributed by atoms with van der Waals surface area (Å²) >= 11 is 5.88. The number of sulfonamides is 1. The average Bonchev–Trinajstić information content (AvgIpc) is 3.16. The van der Waals surface area contributed by atoms with Gasteiger partial charge in [0.15, 0.2) is 0 Å². The molecule has 0 bridgehead atoms. The number of nitrogens with one attached hydrogen (secondary N) is 1. The van der Waals surface area contributed by atoms with Gasteiger partial charge in [-0.05, 0) is 66.6 Å². The van der Waals surface area contributed by atoms with Crippen molar-refractivity contribution >= 4 is 44.2 Å². The number of halogens is 1. The van der Waals surface area contributed by atoms with E-state index in [0.717, 1.165) is 29.2 Å². The van der Waals surface area contributed by atoms with E-state index in [2.05, 4.69) is 11.6 Å². The maximum absolute atomic E-state index is 13.0. The highest BCUT2D eigenvalue weighted by Crippen LogP contribution is 2.24. The SMILES string of the molecule is CC1CCCN(C(=O)C(C)N2CCC(NS(=O)(=O)c3ccc4cc(CCl)ccc4c3)C2=O)C1. The van der Waals surface area contributed by atoms with Crippen molar-refractivity contribution < 1.29 is 18.0 Å². The number of carbonyl (C=O) groups is 2. The number of alkyl halides is 1. The molecule has 33 heavy (non-hydrogen) atoms. The number of hydrogen-bond acceptors (Lipinski definition) is 4. The predicted octanol–water partition coefficient (Wildman–Crippen LogP) is 3.10. The summed E-state index contributed by atoms with van der Waals surface area (Å²) in [5.74, 6) is 0.420. The van der Waals surface area contributed by atoms with E-state index in [1.165, 1.54) is 11.0 Å². The molecule has 3 atom stereocenters. The molecular formula is C24H30ClN3O4S. The molecule has 2 saturated heterocycles. The first-order chi connectivity index (χ1) is 15.7. The fourth-order valence-corrected chi connectivity index (χ4v) is 6.19. The number of carbonyl (C=O) groups excluding carboxylic acids is 2. The third-order valence-corrected chi connectivity index (χ3v) is 8.45. The number of likely N-dealkylation sites (tertiary alicyclic amines) is 2. The van der Waals surface area contributed by atoms with Gasteiger partial charge in [-0.25, -0.2) is 8.42 Å². The van der Waals surface area contributed by atoms with Crippen molar-refractivity contribution in [3.05, 3.63) is 42.0 Å². The van der Waals surface area contributed by atoms with Crippen molar-refractivity contribution in [1.82, 2.24) is 14.5 Å². The van der Waals surface area contributed by atoms with Crippen molar-refractivity contribution in [3.63, 3.8) is 0 Å². The van der Waals surface area contributed by atoms with Crippen LogP contribution in [0.3, 0.4) is 0 Å². The zero-order valence-electron chi connectivity index (χ0n) is 19.0. The van der Waals surface area contributed by atoms with Crippen LogP contribution in [0.5, 0.6) is 0 Å². The van der Waals surface area contributed by atoms with Gasteiger partial charge in [0.05, 0.1) is 4.90 Å². The van der Waals surface area contributed by atoms with Crippen LogP contribution in [0, 0.1) is 5.92 Å². The summed E-state index contributed by atoms with van der Waals surface area (Å²) < 4.78 is 28.6. The van der Waals surface area contributed by atoms with E-state index in [0.29, 0.717) is 37.9 Å². The molecule has 2 amide bonds. The number of rotatable bonds is 6. The molecule has 9 heteroatoms. The lowest BCUT2D eigenvalue weighted by atomic mass is 9.99. The lowest BCUT2D eigenvalue weighted by Gasteiger charge is -2.35. The third kappa shape index (κ3) is 5.03. The largest absolute Gasteiger partial charge is 0.341 e. The first-order valence-electron chi connectivity index (χ1n) is 11.4. The van der Waals surface area contributed by atoms with E-state index >= 15 is 0 Å². The number of nitrogens with zero attached hydrogens (tertiary/aromatic N) is 2. The van der Waals surface area contributed by atoms with E-state index in [4.69, 9.17) is 11.6 Å². The Morgan fingerprint density at radius 2 is 1.88 bits per heavy atom. The molecule has 0 saturated carbocycles. The summed E-state index contributed by atoms with van der Waals surface area (Å²) in [5.41, 5.74) is 0.956. The molecule has 1 N–H and O–H groups in total. The molecular weight excluding hydrogens is 462 g/mol. The van der Waals surface area contributed by atoms with Crippen molar-refractivity contribution in [1.29, 1.82) is 0 Å². The van der Waals surface area contributed by atoms with Crippen LogP contribution in [0.2, 0.25) is 0 Å². The molecule has 0 aliphatic carbocycles. The highest BCUT2D eigenvalue weighted by molar-refractivity contribution is 7.89. The number of amides is 2. The maximum atomic E-state index is 13.0. The normalized spacial score (nSPS) is 22.7. The number of fused-ring (bicyclic) bond motifs is 1. The van der Waals surface area contributed by atoms with Crippen LogP contribution < -0.4 is 4.72 Å². The van der Waals surface area contributed by atoms with Gasteiger partial charge in [0.1, 0.15) is 12.1 Å². The van der Waals surface area contributed by atoms with E-state index in [-0.39, 0.29) is 16.7 Å². The van der Waals surface area contributed by atoms with Gasteiger partial charge in [-0.3, -0.25) is 9.59 Å². The van der Waals surface area contributed by atoms with Crippen molar-refractivity contribution in [3.8, 4) is 0 Å². The lowest BCUT2D eigenvalue weighted by molar-refractivity contribution is -0.144. The van der Waals surface area contributed by atoms with Gasteiger partial charge in [0.2, 0.25) is 21.8 Å². The average molecular weight is 492 g/mol. The zero-order chi connectivity index (χ0) is 23.8. The van der Waals surface area contributed by atoms with Gasteiger partial charge in [-0.1, -0.05) is 25.1 Å². The Labute approximate surface area is 200 Å². The monoisotopic (exact) mass is 491 g/mol. The number of hydrogen-bond donors (Lipinski definition) is 1. The quantitative estimate of drug-likeness (QED) is 0.629. The molecule has 2 aromatic carbocycles. The molecule has 7 nitrogen and oxygen atoms in total. The van der Waals surface area contributed by atoms with E-state index in [1.54, 1.807) is 19.1 Å². The predicted molar refractivity (Wildman–Crippen MR) is 128 cm³/mol. The van der Waals surface area contributed by atoms with Crippen LogP contribution in [0.15, 0.2) is 41.3 Å². The van der Waals surface area contributed by atoms with Gasteiger partial charge >= 0.3 is 0 Å². The first-order valence-corrected chi connectivity index (χ1v) is 13.4. The summed E-state index contributed by atoms with van der Waals surface area (Å²) in [5, 5.41) is 1.68. The fraction of sp³-hybridized carbons (Fsp3) is 0.500. The van der Waals surface area contributed by atoms with Crippen LogP contribution in [-0.4, -0.2) is 61.7 Å². The second kappa shape index (κ2) is 9.60. The van der Waals surface area contributed by atoms with Crippen molar-refractivity contribution in [2.24, 2.45) is 5.92 Å². The molecule has 2 aliphatic heterocycles. The van der Waals surface area contributed by atoms with Crippen LogP contribution in [0.25, 0.3) is 10.8 Å². The van der Waals surface area contributed by atoms with Crippen molar-refractivity contribution in [2.75, 3.05) is 19.6 Å². The lowest BCUT2D eigenvalue weighted by Crippen LogP contribution is -2.52. The zero-order valence-corrected chi connectivity index (χ0v) is 20.5. The second-order valence-corrected chi connectivity index (χ2v) is 11.2. The molecule has 2 aromatic rings. The van der Waals surface area contributed by atoms with E-state index in [1.807, 2.05) is 23.1 Å². The maximum Gasteiger partial charge on any atom is 0.245 e. The molecule has 3 unspecified atom stereocenters. The smallest absolute Gasteiger partial charge is 0.245 e. The van der Waals surface area contributed by atoms with Crippen molar-refractivity contribution in [2.45, 2.75) is 56.0 Å². The standard InChI is InChI=1S/C24H30ClN3O4S/c1-16-4-3-10-27(15-16)23(29)17(2)28-11-9-22(24(28)30)26-33(31,32)21-8-7-19-12-18(14-25)5-6-20(19)13-21/h5-8,12-13,16-17,22,26H,3-4,9-11,14-15H2,1-2H3. The van der Waals surface area contributed by atoms with E-state index < -0.39 is 22.1 Å². The Bertz CT molecular complexity index is 1170. The summed E-state index contributed by atoms with van der Waals surface area (Å²) in [6.45, 7) is 5.62. The Kier molecular flexibility index (Phi) is 6.98.